The summed E-state index contributed by atoms with van der Waals surface area (Å²) in [6.45, 7) is 3.97. The summed E-state index contributed by atoms with van der Waals surface area (Å²) in [5.41, 5.74) is 4.27. The molecular formula is C27H25FN2O2. The molecule has 1 aliphatic heterocycles. The molecule has 0 aliphatic carbocycles. The summed E-state index contributed by atoms with van der Waals surface area (Å²) >= 11 is 0. The van der Waals surface area contributed by atoms with E-state index in [1.165, 1.54) is 38.1 Å². The van der Waals surface area contributed by atoms with E-state index >= 15 is 0 Å². The molecule has 4 aromatic rings. The van der Waals surface area contributed by atoms with Gasteiger partial charge in [-0.25, -0.2) is 9.37 Å². The summed E-state index contributed by atoms with van der Waals surface area (Å²) in [5.74, 6) is 0.742. The van der Waals surface area contributed by atoms with Gasteiger partial charge in [0.1, 0.15) is 23.9 Å². The van der Waals surface area contributed by atoms with E-state index in [0.29, 0.717) is 6.61 Å². The number of pyridine rings is 1. The van der Waals surface area contributed by atoms with Crippen molar-refractivity contribution in [2.24, 2.45) is 0 Å². The van der Waals surface area contributed by atoms with Crippen LogP contribution in [0.25, 0.3) is 33.3 Å². The number of likely N-dealkylation sites (tertiary alicyclic amines) is 1. The zero-order chi connectivity index (χ0) is 21.9. The lowest BCUT2D eigenvalue weighted by Crippen LogP contribution is -2.25. The van der Waals surface area contributed by atoms with Crippen LogP contribution in [0.3, 0.4) is 0 Å². The molecule has 2 heterocycles. The van der Waals surface area contributed by atoms with Crippen molar-refractivity contribution in [3.05, 3.63) is 78.6 Å². The molecule has 162 valence electrons. The second-order valence-electron chi connectivity index (χ2n) is 8.19. The van der Waals surface area contributed by atoms with E-state index in [1.54, 1.807) is 18.2 Å². The molecule has 0 amide bonds. The number of rotatable bonds is 6. The summed E-state index contributed by atoms with van der Waals surface area (Å²) in [6.07, 6.45) is 2.56. The summed E-state index contributed by atoms with van der Waals surface area (Å²) in [6, 6.07) is 21.5. The van der Waals surface area contributed by atoms with Gasteiger partial charge in [-0.15, -0.1) is 0 Å². The number of fused-ring (bicyclic) bond motifs is 1. The summed E-state index contributed by atoms with van der Waals surface area (Å²) in [7, 11) is 0. The van der Waals surface area contributed by atoms with Gasteiger partial charge in [0.05, 0.1) is 11.2 Å². The highest BCUT2D eigenvalue weighted by Gasteiger charge is 2.13. The van der Waals surface area contributed by atoms with Crippen molar-refractivity contribution in [1.82, 2.24) is 9.88 Å². The van der Waals surface area contributed by atoms with Gasteiger partial charge in [0.2, 0.25) is 0 Å². The smallest absolute Gasteiger partial charge is 0.123 e. The second-order valence-corrected chi connectivity index (χ2v) is 8.19. The molecule has 0 atom stereocenters. The Kier molecular flexibility index (Phi) is 5.73. The number of benzene rings is 3. The molecule has 32 heavy (non-hydrogen) atoms. The molecule has 0 unspecified atom stereocenters. The predicted octanol–water partition coefficient (Wildman–Crippen LogP) is 5.89. The maximum absolute atomic E-state index is 13.8. The second kappa shape index (κ2) is 8.97. The molecule has 1 fully saturated rings. The van der Waals surface area contributed by atoms with E-state index in [4.69, 9.17) is 9.72 Å². The first-order valence-electron chi connectivity index (χ1n) is 11.0. The van der Waals surface area contributed by atoms with Gasteiger partial charge in [-0.1, -0.05) is 12.1 Å². The van der Waals surface area contributed by atoms with E-state index in [1.807, 2.05) is 42.5 Å². The van der Waals surface area contributed by atoms with E-state index < -0.39 is 0 Å². The number of hydrogen-bond acceptors (Lipinski definition) is 4. The first kappa shape index (κ1) is 20.5. The van der Waals surface area contributed by atoms with Gasteiger partial charge in [-0.3, -0.25) is 4.90 Å². The third-order valence-electron chi connectivity index (χ3n) is 5.96. The first-order chi connectivity index (χ1) is 15.7. The number of halogens is 1. The normalized spacial score (nSPS) is 14.2. The molecule has 0 saturated carbocycles. The van der Waals surface area contributed by atoms with Crippen LogP contribution in [0.4, 0.5) is 4.39 Å². The molecule has 1 N–H and O–H groups in total. The number of phenols is 1. The van der Waals surface area contributed by atoms with Crippen LogP contribution in [-0.4, -0.2) is 41.2 Å². The van der Waals surface area contributed by atoms with Gasteiger partial charge in [0.15, 0.2) is 0 Å². The monoisotopic (exact) mass is 428 g/mol. The van der Waals surface area contributed by atoms with Gasteiger partial charge in [0.25, 0.3) is 0 Å². The van der Waals surface area contributed by atoms with Crippen LogP contribution in [0.5, 0.6) is 11.5 Å². The average molecular weight is 429 g/mol. The SMILES string of the molecule is Oc1ccc(-c2cc3cc(F)ccc3nc2-c2ccc(OCCN3CCCC3)cc2)cc1. The lowest BCUT2D eigenvalue weighted by atomic mass is 9.97. The van der Waals surface area contributed by atoms with Gasteiger partial charge in [0, 0.05) is 23.1 Å². The van der Waals surface area contributed by atoms with E-state index in [2.05, 4.69) is 4.90 Å². The molecule has 1 aliphatic rings. The number of phenolic OH excluding ortho intramolecular Hbond substituents is 1. The minimum Gasteiger partial charge on any atom is -0.508 e. The summed E-state index contributed by atoms with van der Waals surface area (Å²) in [5, 5.41) is 10.4. The van der Waals surface area contributed by atoms with Gasteiger partial charge in [-0.2, -0.15) is 0 Å². The van der Waals surface area contributed by atoms with Gasteiger partial charge < -0.3 is 9.84 Å². The minimum atomic E-state index is -0.292. The molecule has 3 aromatic carbocycles. The van der Waals surface area contributed by atoms with E-state index in [-0.39, 0.29) is 11.6 Å². The molecule has 1 aromatic heterocycles. The predicted molar refractivity (Wildman–Crippen MR) is 125 cm³/mol. The van der Waals surface area contributed by atoms with Crippen LogP contribution in [0.15, 0.2) is 72.8 Å². The topological polar surface area (TPSA) is 45.6 Å². The first-order valence-corrected chi connectivity index (χ1v) is 11.0. The fourth-order valence-electron chi connectivity index (χ4n) is 4.24. The highest BCUT2D eigenvalue weighted by atomic mass is 19.1. The number of hydrogen-bond donors (Lipinski definition) is 1. The van der Waals surface area contributed by atoms with Crippen molar-refractivity contribution in [2.45, 2.75) is 12.8 Å². The highest BCUT2D eigenvalue weighted by Crippen LogP contribution is 2.35. The molecule has 0 radical (unpaired) electrons. The number of aromatic hydroxyl groups is 1. The standard InChI is InChI=1S/C27H25FN2O2/c28-22-7-12-26-21(17-22)18-25(19-3-8-23(31)9-4-19)27(29-26)20-5-10-24(11-6-20)32-16-15-30-13-1-2-14-30/h3-12,17-18,31H,1-2,13-16H2. The third kappa shape index (κ3) is 4.43. The summed E-state index contributed by atoms with van der Waals surface area (Å²) in [4.78, 5) is 7.28. The van der Waals surface area contributed by atoms with Crippen molar-refractivity contribution in [1.29, 1.82) is 0 Å². The quantitative estimate of drug-likeness (QED) is 0.416. The zero-order valence-electron chi connectivity index (χ0n) is 17.8. The van der Waals surface area contributed by atoms with Crippen LogP contribution in [0.1, 0.15) is 12.8 Å². The molecule has 0 bridgehead atoms. The lowest BCUT2D eigenvalue weighted by molar-refractivity contribution is 0.238. The van der Waals surface area contributed by atoms with Crippen molar-refractivity contribution in [3.63, 3.8) is 0 Å². The molecule has 4 nitrogen and oxygen atoms in total. The van der Waals surface area contributed by atoms with Gasteiger partial charge in [-0.05, 0) is 92.2 Å². The third-order valence-corrected chi connectivity index (χ3v) is 5.96. The maximum Gasteiger partial charge on any atom is 0.123 e. The number of aromatic nitrogens is 1. The Labute approximate surface area is 186 Å². The van der Waals surface area contributed by atoms with Crippen LogP contribution in [0.2, 0.25) is 0 Å². The summed E-state index contributed by atoms with van der Waals surface area (Å²) < 4.78 is 19.8. The van der Waals surface area contributed by atoms with Crippen molar-refractivity contribution in [3.8, 4) is 33.9 Å². The lowest BCUT2D eigenvalue weighted by Gasteiger charge is -2.15. The Bertz CT molecular complexity index is 1220. The van der Waals surface area contributed by atoms with Crippen LogP contribution >= 0.6 is 0 Å². The zero-order valence-corrected chi connectivity index (χ0v) is 17.8. The Balaban J connectivity index is 1.45. The highest BCUT2D eigenvalue weighted by molar-refractivity contribution is 5.91. The number of ether oxygens (including phenoxy) is 1. The van der Waals surface area contributed by atoms with Crippen molar-refractivity contribution in [2.75, 3.05) is 26.2 Å². The molecule has 5 heteroatoms. The van der Waals surface area contributed by atoms with Crippen LogP contribution < -0.4 is 4.74 Å². The fourth-order valence-corrected chi connectivity index (χ4v) is 4.24. The Morgan fingerprint density at radius 3 is 2.34 bits per heavy atom. The van der Waals surface area contributed by atoms with Crippen molar-refractivity contribution >= 4 is 10.9 Å². The Hall–Kier alpha value is -3.44. The van der Waals surface area contributed by atoms with Crippen LogP contribution in [-0.2, 0) is 0 Å². The molecule has 1 saturated heterocycles. The molecular weight excluding hydrogens is 403 g/mol. The molecule has 5 rings (SSSR count). The Morgan fingerprint density at radius 2 is 1.59 bits per heavy atom. The van der Waals surface area contributed by atoms with Crippen LogP contribution in [0, 0.1) is 5.82 Å². The van der Waals surface area contributed by atoms with E-state index in [9.17, 15) is 9.50 Å². The maximum atomic E-state index is 13.8. The largest absolute Gasteiger partial charge is 0.508 e. The average Bonchev–Trinajstić information content (AvgIpc) is 3.33. The molecule has 0 spiro atoms. The van der Waals surface area contributed by atoms with Crippen molar-refractivity contribution < 1.29 is 14.2 Å². The Morgan fingerprint density at radius 1 is 0.875 bits per heavy atom. The number of nitrogens with zero attached hydrogens (tertiary/aromatic N) is 2. The van der Waals surface area contributed by atoms with E-state index in [0.717, 1.165) is 45.6 Å². The minimum absolute atomic E-state index is 0.200. The van der Waals surface area contributed by atoms with Gasteiger partial charge >= 0.3 is 0 Å². The fraction of sp³-hybridized carbons (Fsp3) is 0.222.